The zero-order valence-corrected chi connectivity index (χ0v) is 64.5. The van der Waals surface area contributed by atoms with Gasteiger partial charge in [-0.15, -0.1) is 0 Å². The van der Waals surface area contributed by atoms with Gasteiger partial charge < -0.3 is 89.9 Å². The topological polar surface area (TPSA) is 307 Å². The zero-order valence-electron chi connectivity index (χ0n) is 64.5. The molecule has 3 heterocycles. The molecule has 19 heteroatoms. The van der Waals surface area contributed by atoms with E-state index in [1.807, 2.05) is 6.08 Å². The summed E-state index contributed by atoms with van der Waals surface area (Å²) in [7, 11) is 0. The average Bonchev–Trinajstić information content (AvgIpc) is 0.783. The van der Waals surface area contributed by atoms with Crippen molar-refractivity contribution in [2.75, 3.05) is 26.4 Å². The van der Waals surface area contributed by atoms with Crippen molar-refractivity contribution < 1.29 is 89.4 Å². The summed E-state index contributed by atoms with van der Waals surface area (Å²) in [4.78, 5) is 13.5. The Morgan fingerprint density at radius 2 is 0.673 bits per heavy atom. The molecule has 0 radical (unpaired) electrons. The van der Waals surface area contributed by atoms with Gasteiger partial charge in [0.1, 0.15) is 73.2 Å². The lowest BCUT2D eigenvalue weighted by molar-refractivity contribution is -0.379. The molecule has 602 valence electrons. The normalized spacial score (nSPS) is 26.4. The van der Waals surface area contributed by atoms with Crippen LogP contribution in [0.4, 0.5) is 0 Å². The number of allylic oxidation sites excluding steroid dienone is 15. The minimum absolute atomic E-state index is 0.235. The van der Waals surface area contributed by atoms with E-state index in [1.54, 1.807) is 6.08 Å². The largest absolute Gasteiger partial charge is 0.394 e. The third kappa shape index (κ3) is 43.8. The Balaban J connectivity index is 1.30. The second kappa shape index (κ2) is 64.5. The van der Waals surface area contributed by atoms with Gasteiger partial charge in [0.25, 0.3) is 0 Å². The molecule has 3 aliphatic rings. The monoisotopic (exact) mass is 1470 g/mol. The molecule has 0 spiro atoms. The molecule has 3 rings (SSSR count). The summed E-state index contributed by atoms with van der Waals surface area (Å²) in [5, 5.41) is 121. The Labute approximate surface area is 628 Å². The van der Waals surface area contributed by atoms with Gasteiger partial charge in [-0.25, -0.2) is 0 Å². The molecule has 0 aromatic rings. The second-order valence-corrected chi connectivity index (χ2v) is 29.2. The first-order chi connectivity index (χ1) is 50.8. The Morgan fingerprint density at radius 3 is 1.08 bits per heavy atom. The Hall–Kier alpha value is -3.29. The van der Waals surface area contributed by atoms with Gasteiger partial charge in [-0.05, 0) is 83.5 Å². The van der Waals surface area contributed by atoms with Crippen LogP contribution < -0.4 is 5.32 Å². The van der Waals surface area contributed by atoms with Gasteiger partial charge in [0.15, 0.2) is 18.9 Å². The zero-order chi connectivity index (χ0) is 75.3. The van der Waals surface area contributed by atoms with Gasteiger partial charge in [-0.3, -0.25) is 4.79 Å². The van der Waals surface area contributed by atoms with E-state index in [-0.39, 0.29) is 18.9 Å². The number of hydrogen-bond acceptors (Lipinski definition) is 18. The van der Waals surface area contributed by atoms with Gasteiger partial charge in [-0.2, -0.15) is 0 Å². The van der Waals surface area contributed by atoms with E-state index in [0.717, 1.165) is 77.0 Å². The van der Waals surface area contributed by atoms with Crippen molar-refractivity contribution in [2.24, 2.45) is 0 Å². The molecule has 17 unspecified atom stereocenters. The maximum atomic E-state index is 13.5. The lowest BCUT2D eigenvalue weighted by Gasteiger charge is -2.48. The molecule has 3 saturated heterocycles. The van der Waals surface area contributed by atoms with Gasteiger partial charge in [0.05, 0.1) is 38.6 Å². The number of nitrogens with one attached hydrogen (secondary N) is 1. The summed E-state index contributed by atoms with van der Waals surface area (Å²) in [6, 6.07) is -0.993. The number of aliphatic hydroxyl groups excluding tert-OH is 11. The van der Waals surface area contributed by atoms with Crippen LogP contribution in [0, 0.1) is 0 Å². The summed E-state index contributed by atoms with van der Waals surface area (Å²) in [5.74, 6) is -0.283. The molecule has 0 saturated carbocycles. The number of carbonyl (C=O) groups is 1. The van der Waals surface area contributed by atoms with Crippen LogP contribution in [0.25, 0.3) is 0 Å². The third-order valence-electron chi connectivity index (χ3n) is 20.1. The molecule has 1 amide bonds. The van der Waals surface area contributed by atoms with Gasteiger partial charge >= 0.3 is 0 Å². The minimum atomic E-state index is -1.98. The van der Waals surface area contributed by atoms with E-state index in [2.05, 4.69) is 104 Å². The number of ether oxygens (including phenoxy) is 6. The molecule has 0 bridgehead atoms. The van der Waals surface area contributed by atoms with Crippen molar-refractivity contribution in [2.45, 2.75) is 407 Å². The van der Waals surface area contributed by atoms with Crippen molar-refractivity contribution >= 4 is 5.91 Å². The van der Waals surface area contributed by atoms with Crippen LogP contribution in [0.1, 0.15) is 303 Å². The van der Waals surface area contributed by atoms with Crippen LogP contribution >= 0.6 is 0 Å². The van der Waals surface area contributed by atoms with Crippen molar-refractivity contribution in [1.82, 2.24) is 5.32 Å². The van der Waals surface area contributed by atoms with Crippen molar-refractivity contribution in [3.63, 3.8) is 0 Å². The van der Waals surface area contributed by atoms with Crippen LogP contribution in [0.5, 0.6) is 0 Å². The number of unbranched alkanes of at least 4 members (excludes halogenated alkanes) is 35. The fraction of sp³-hybridized carbons (Fsp3) is 0.800. The van der Waals surface area contributed by atoms with E-state index in [1.165, 1.54) is 193 Å². The summed E-state index contributed by atoms with van der Waals surface area (Å²) in [6.07, 6.45) is 61.3. The summed E-state index contributed by atoms with van der Waals surface area (Å²) in [6.45, 7) is 1.62. The fourth-order valence-electron chi connectivity index (χ4n) is 13.5. The van der Waals surface area contributed by atoms with E-state index >= 15 is 0 Å². The van der Waals surface area contributed by atoms with Crippen LogP contribution in [-0.4, -0.2) is 193 Å². The fourth-order valence-corrected chi connectivity index (χ4v) is 13.5. The highest BCUT2D eigenvalue weighted by atomic mass is 16.8. The first-order valence-electron chi connectivity index (χ1n) is 41.5. The number of carbonyl (C=O) groups excluding carboxylic acids is 1. The van der Waals surface area contributed by atoms with Crippen LogP contribution in [0.15, 0.2) is 97.2 Å². The smallest absolute Gasteiger partial charge is 0.220 e. The minimum Gasteiger partial charge on any atom is -0.394 e. The van der Waals surface area contributed by atoms with Crippen molar-refractivity contribution in [3.8, 4) is 0 Å². The molecule has 3 aliphatic heterocycles. The third-order valence-corrected chi connectivity index (χ3v) is 20.1. The number of rotatable bonds is 65. The van der Waals surface area contributed by atoms with Crippen LogP contribution in [0.2, 0.25) is 0 Å². The van der Waals surface area contributed by atoms with Gasteiger partial charge in [0.2, 0.25) is 5.91 Å². The highest BCUT2D eigenvalue weighted by Gasteiger charge is 2.54. The Kier molecular flexibility index (Phi) is 58.9. The van der Waals surface area contributed by atoms with Crippen LogP contribution in [-0.2, 0) is 33.2 Å². The molecule has 0 aromatic heterocycles. The van der Waals surface area contributed by atoms with E-state index in [4.69, 9.17) is 28.4 Å². The predicted octanol–water partition coefficient (Wildman–Crippen LogP) is 14.3. The molecule has 104 heavy (non-hydrogen) atoms. The molecular weight excluding hydrogens is 1320 g/mol. The first-order valence-corrected chi connectivity index (χ1v) is 41.5. The number of amides is 1. The average molecular weight is 1470 g/mol. The van der Waals surface area contributed by atoms with Gasteiger partial charge in [0, 0.05) is 6.42 Å². The molecule has 17 atom stereocenters. The Morgan fingerprint density at radius 1 is 0.356 bits per heavy atom. The summed E-state index contributed by atoms with van der Waals surface area (Å²) in [5.41, 5.74) is 0. The maximum absolute atomic E-state index is 13.5. The summed E-state index contributed by atoms with van der Waals surface area (Å²) < 4.78 is 34.4. The molecular formula is C85H149NO18. The summed E-state index contributed by atoms with van der Waals surface area (Å²) >= 11 is 0. The van der Waals surface area contributed by atoms with Gasteiger partial charge in [-0.1, -0.05) is 310 Å². The highest BCUT2D eigenvalue weighted by molar-refractivity contribution is 5.76. The van der Waals surface area contributed by atoms with Crippen LogP contribution in [0.3, 0.4) is 0 Å². The molecule has 19 nitrogen and oxygen atoms in total. The SMILES string of the molecule is CC/C=C\C/C=C\C/C=C\C/C=C\C/C=C\C/C=C\CCCCCCCCCCCCCCCCCCCCCCCCC(=O)NC(COC1OC(CO)C(OC2OC(CO)C(OC3OC(CO)C(O)C(O)C3O)C(O)C2O)C(O)C1O)C(O)/C=C/CC/C=C/CCCCCCCCCCCCCC. The van der Waals surface area contributed by atoms with Crippen molar-refractivity contribution in [1.29, 1.82) is 0 Å². The number of hydrogen-bond donors (Lipinski definition) is 12. The number of aliphatic hydroxyl groups is 11. The standard InChI is InChI=1S/C85H149NO18/c1-3-5-7-9-11-13-15-17-19-21-23-24-25-26-27-28-29-30-31-32-33-34-35-36-37-38-39-40-41-42-43-44-45-47-49-51-53-55-57-59-61-63-73(91)86-68(69(90)62-60-58-56-54-52-50-48-46-22-20-18-16-14-12-10-8-6-4-2)67-99-83-79(97)76(94)81(71(65-88)101-83)104-85-80(98)77(95)82(72(66-89)102-85)103-84-78(96)75(93)74(92)70(64-87)100-84/h5,7,11,13,17,19,23-24,26-27,29-30,52,54,60,62,68-72,74-85,87-90,92-98H,3-4,6,8-10,12,14-16,18,20-22,25,28,31-51,53,55-59,61,63-67H2,1-2H3,(H,86,91)/b7-5-,13-11-,19-17-,24-23-,27-26-,30-29-,54-52+,62-60+. The van der Waals surface area contributed by atoms with E-state index < -0.39 is 124 Å². The second-order valence-electron chi connectivity index (χ2n) is 29.2. The van der Waals surface area contributed by atoms with Crippen molar-refractivity contribution in [3.05, 3.63) is 97.2 Å². The predicted molar refractivity (Wildman–Crippen MR) is 415 cm³/mol. The lowest BCUT2D eigenvalue weighted by atomic mass is 9.96. The molecule has 12 N–H and O–H groups in total. The molecule has 3 fully saturated rings. The Bertz CT molecular complexity index is 2260. The first kappa shape index (κ1) is 94.9. The molecule has 0 aromatic carbocycles. The lowest BCUT2D eigenvalue weighted by Crippen LogP contribution is -2.66. The van der Waals surface area contributed by atoms with E-state index in [9.17, 15) is 61.0 Å². The van der Waals surface area contributed by atoms with E-state index in [0.29, 0.717) is 12.8 Å². The molecule has 0 aliphatic carbocycles. The maximum Gasteiger partial charge on any atom is 0.220 e. The highest BCUT2D eigenvalue weighted by Crippen LogP contribution is 2.33. The quantitative estimate of drug-likeness (QED) is 0.0199.